The van der Waals surface area contributed by atoms with Crippen LogP contribution in [0, 0.1) is 0 Å². The van der Waals surface area contributed by atoms with Crippen molar-refractivity contribution in [2.75, 3.05) is 5.32 Å². The summed E-state index contributed by atoms with van der Waals surface area (Å²) >= 11 is 0. The van der Waals surface area contributed by atoms with Gasteiger partial charge in [0.25, 0.3) is 0 Å². The Balaban J connectivity index is 2.00. The molecule has 0 fully saturated rings. The molecule has 4 heteroatoms. The number of carbonyl (C=O) groups is 1. The fraction of sp³-hybridized carbons (Fsp3) is 0.278. The van der Waals surface area contributed by atoms with Gasteiger partial charge in [0, 0.05) is 5.69 Å². The molecule has 1 unspecified atom stereocenters. The number of benzene rings is 2. The number of hydrogen-bond donors (Lipinski definition) is 1. The number of rotatable bonds is 6. The molecule has 0 spiro atoms. The molecule has 2 aromatic rings. The molecule has 0 bridgehead atoms. The molecule has 0 aliphatic rings. The molecule has 2 amide bonds. The Morgan fingerprint density at radius 2 is 1.68 bits per heavy atom. The maximum absolute atomic E-state index is 12.4. The van der Waals surface area contributed by atoms with Crippen molar-refractivity contribution in [3.63, 3.8) is 0 Å². The lowest BCUT2D eigenvalue weighted by atomic mass is 10.2. The van der Waals surface area contributed by atoms with Crippen molar-refractivity contribution in [1.82, 2.24) is 5.06 Å². The van der Waals surface area contributed by atoms with Gasteiger partial charge in [0.05, 0.1) is 6.04 Å². The summed E-state index contributed by atoms with van der Waals surface area (Å²) in [5.41, 5.74) is 1.78. The van der Waals surface area contributed by atoms with Crippen molar-refractivity contribution in [3.8, 4) is 0 Å². The summed E-state index contributed by atoms with van der Waals surface area (Å²) in [5.74, 6) is 0. The Kier molecular flexibility index (Phi) is 5.98. The fourth-order valence-corrected chi connectivity index (χ4v) is 1.97. The lowest BCUT2D eigenvalue weighted by molar-refractivity contribution is -0.147. The molecule has 0 aliphatic heterocycles. The first kappa shape index (κ1) is 16.0. The lowest BCUT2D eigenvalue weighted by Crippen LogP contribution is -2.41. The smallest absolute Gasteiger partial charge is 0.306 e. The van der Waals surface area contributed by atoms with E-state index < -0.39 is 0 Å². The zero-order valence-corrected chi connectivity index (χ0v) is 13.0. The Labute approximate surface area is 131 Å². The predicted molar refractivity (Wildman–Crippen MR) is 88.3 cm³/mol. The van der Waals surface area contributed by atoms with Gasteiger partial charge in [-0.05, 0) is 31.0 Å². The summed E-state index contributed by atoms with van der Waals surface area (Å²) in [4.78, 5) is 18.2. The van der Waals surface area contributed by atoms with E-state index in [9.17, 15) is 4.79 Å². The van der Waals surface area contributed by atoms with Crippen LogP contribution in [0.25, 0.3) is 0 Å². The summed E-state index contributed by atoms with van der Waals surface area (Å²) in [6, 6.07) is 18.9. The molecule has 1 atom stereocenters. The van der Waals surface area contributed by atoms with Crippen LogP contribution in [0.4, 0.5) is 10.5 Å². The average Bonchev–Trinajstić information content (AvgIpc) is 2.56. The number of anilines is 1. The predicted octanol–water partition coefficient (Wildman–Crippen LogP) is 4.45. The molecule has 0 saturated heterocycles. The molecule has 0 saturated carbocycles. The van der Waals surface area contributed by atoms with Crippen LogP contribution >= 0.6 is 0 Å². The number of para-hydroxylation sites is 1. The van der Waals surface area contributed by atoms with E-state index in [1.54, 1.807) is 0 Å². The minimum absolute atomic E-state index is 0.00701. The number of hydroxylamine groups is 2. The second kappa shape index (κ2) is 8.20. The first-order valence-electron chi connectivity index (χ1n) is 7.52. The van der Waals surface area contributed by atoms with Gasteiger partial charge in [-0.2, -0.15) is 5.06 Å². The number of hydrogen-bond acceptors (Lipinski definition) is 2. The molecule has 0 radical (unpaired) electrons. The Morgan fingerprint density at radius 3 is 2.27 bits per heavy atom. The normalized spacial score (nSPS) is 11.7. The number of nitrogens with one attached hydrogen (secondary N) is 1. The maximum Gasteiger partial charge on any atom is 0.346 e. The van der Waals surface area contributed by atoms with E-state index in [0.717, 1.165) is 17.7 Å². The van der Waals surface area contributed by atoms with E-state index in [-0.39, 0.29) is 12.1 Å². The van der Waals surface area contributed by atoms with E-state index in [1.807, 2.05) is 74.5 Å². The Morgan fingerprint density at radius 1 is 1.09 bits per heavy atom. The zero-order chi connectivity index (χ0) is 15.8. The van der Waals surface area contributed by atoms with Crippen molar-refractivity contribution in [2.24, 2.45) is 0 Å². The van der Waals surface area contributed by atoms with E-state index in [1.165, 1.54) is 5.06 Å². The largest absolute Gasteiger partial charge is 0.346 e. The van der Waals surface area contributed by atoms with Crippen molar-refractivity contribution in [1.29, 1.82) is 0 Å². The molecular weight excluding hydrogens is 276 g/mol. The van der Waals surface area contributed by atoms with Gasteiger partial charge in [-0.25, -0.2) is 4.79 Å². The fourth-order valence-electron chi connectivity index (χ4n) is 1.97. The summed E-state index contributed by atoms with van der Waals surface area (Å²) in [7, 11) is 0. The van der Waals surface area contributed by atoms with Crippen molar-refractivity contribution in [3.05, 3.63) is 66.2 Å². The highest BCUT2D eigenvalue weighted by Gasteiger charge is 2.20. The second-order valence-electron chi connectivity index (χ2n) is 5.14. The van der Waals surface area contributed by atoms with Crippen LogP contribution in [0.15, 0.2) is 60.7 Å². The molecule has 0 aliphatic carbocycles. The van der Waals surface area contributed by atoms with E-state index in [2.05, 4.69) is 5.32 Å². The number of nitrogens with zero attached hydrogens (tertiary/aromatic N) is 1. The van der Waals surface area contributed by atoms with Gasteiger partial charge in [-0.1, -0.05) is 55.5 Å². The molecule has 1 N–H and O–H groups in total. The zero-order valence-electron chi connectivity index (χ0n) is 13.0. The number of carbonyl (C=O) groups excluding carboxylic acids is 1. The van der Waals surface area contributed by atoms with Gasteiger partial charge >= 0.3 is 6.03 Å². The van der Waals surface area contributed by atoms with Gasteiger partial charge in [0.15, 0.2) is 0 Å². The highest BCUT2D eigenvalue weighted by molar-refractivity contribution is 5.88. The third-order valence-electron chi connectivity index (χ3n) is 3.43. The van der Waals surface area contributed by atoms with Crippen LogP contribution in [0.5, 0.6) is 0 Å². The summed E-state index contributed by atoms with van der Waals surface area (Å²) in [5, 5.41) is 4.27. The van der Waals surface area contributed by atoms with Gasteiger partial charge in [0.1, 0.15) is 6.61 Å². The van der Waals surface area contributed by atoms with Crippen LogP contribution in [-0.4, -0.2) is 17.1 Å². The number of amides is 2. The van der Waals surface area contributed by atoms with Crippen molar-refractivity contribution < 1.29 is 9.63 Å². The summed E-state index contributed by atoms with van der Waals surface area (Å²) in [6.07, 6.45) is 0.816. The Hall–Kier alpha value is -2.33. The SMILES string of the molecule is CCC(C)N(OCc1ccccc1)C(=O)Nc1ccccc1. The van der Waals surface area contributed by atoms with Crippen LogP contribution in [-0.2, 0) is 11.4 Å². The molecule has 116 valence electrons. The standard InChI is InChI=1S/C18H22N2O2/c1-3-15(2)20(22-14-16-10-6-4-7-11-16)18(21)19-17-12-8-5-9-13-17/h4-13,15H,3,14H2,1-2H3,(H,19,21). The second-order valence-corrected chi connectivity index (χ2v) is 5.14. The summed E-state index contributed by atoms with van der Waals surface area (Å²) < 4.78 is 0. The molecular formula is C18H22N2O2. The molecule has 22 heavy (non-hydrogen) atoms. The highest BCUT2D eigenvalue weighted by atomic mass is 16.7. The molecule has 0 aromatic heterocycles. The minimum atomic E-state index is -0.253. The van der Waals surface area contributed by atoms with Gasteiger partial charge < -0.3 is 5.32 Å². The van der Waals surface area contributed by atoms with Gasteiger partial charge in [-0.3, -0.25) is 4.84 Å². The van der Waals surface area contributed by atoms with Crippen molar-refractivity contribution in [2.45, 2.75) is 32.9 Å². The van der Waals surface area contributed by atoms with Crippen LogP contribution in [0.3, 0.4) is 0 Å². The van der Waals surface area contributed by atoms with E-state index in [4.69, 9.17) is 4.84 Å². The topological polar surface area (TPSA) is 41.6 Å². The van der Waals surface area contributed by atoms with Gasteiger partial charge in [-0.15, -0.1) is 0 Å². The molecule has 2 rings (SSSR count). The van der Waals surface area contributed by atoms with Crippen LogP contribution in [0.2, 0.25) is 0 Å². The third kappa shape index (κ3) is 4.60. The molecule has 2 aromatic carbocycles. The van der Waals surface area contributed by atoms with Crippen molar-refractivity contribution >= 4 is 11.7 Å². The first-order valence-corrected chi connectivity index (χ1v) is 7.52. The molecule has 4 nitrogen and oxygen atoms in total. The quantitative estimate of drug-likeness (QED) is 0.800. The molecule has 0 heterocycles. The summed E-state index contributed by atoms with van der Waals surface area (Å²) in [6.45, 7) is 4.36. The van der Waals surface area contributed by atoms with Gasteiger partial charge in [0.2, 0.25) is 0 Å². The average molecular weight is 298 g/mol. The third-order valence-corrected chi connectivity index (χ3v) is 3.43. The minimum Gasteiger partial charge on any atom is -0.306 e. The van der Waals surface area contributed by atoms with Crippen LogP contribution < -0.4 is 5.32 Å². The van der Waals surface area contributed by atoms with Crippen LogP contribution in [0.1, 0.15) is 25.8 Å². The Bertz CT molecular complexity index is 572. The van der Waals surface area contributed by atoms with E-state index in [0.29, 0.717) is 6.61 Å². The van der Waals surface area contributed by atoms with E-state index >= 15 is 0 Å². The first-order chi connectivity index (χ1) is 10.7. The number of urea groups is 1. The maximum atomic E-state index is 12.4. The lowest BCUT2D eigenvalue weighted by Gasteiger charge is -2.27. The highest BCUT2D eigenvalue weighted by Crippen LogP contribution is 2.12. The monoisotopic (exact) mass is 298 g/mol.